The number of hydrogen-bond acceptors (Lipinski definition) is 5. The van der Waals surface area contributed by atoms with E-state index in [0.29, 0.717) is 43.5 Å². The van der Waals surface area contributed by atoms with Gasteiger partial charge in [-0.1, -0.05) is 30.3 Å². The molecule has 3 heterocycles. The highest BCUT2D eigenvalue weighted by Crippen LogP contribution is 2.32. The molecular weight excluding hydrogens is 506 g/mol. The van der Waals surface area contributed by atoms with Gasteiger partial charge in [-0.25, -0.2) is 0 Å². The molecule has 5 rings (SSSR count). The molecule has 0 spiro atoms. The molecule has 9 nitrogen and oxygen atoms in total. The number of hydrogen-bond donors (Lipinski definition) is 2. The number of rotatable bonds is 7. The molecule has 2 aliphatic rings. The van der Waals surface area contributed by atoms with Crippen LogP contribution in [-0.2, 0) is 16.0 Å². The molecule has 0 bridgehead atoms. The topological polar surface area (TPSA) is 106 Å². The van der Waals surface area contributed by atoms with Gasteiger partial charge in [0.15, 0.2) is 0 Å². The molecule has 2 N–H and O–H groups in total. The van der Waals surface area contributed by atoms with E-state index in [-0.39, 0.29) is 12.5 Å². The van der Waals surface area contributed by atoms with Crippen LogP contribution in [0.15, 0.2) is 54.7 Å². The number of likely N-dealkylation sites (tertiary alicyclic amines) is 1. The number of nitrogens with one attached hydrogen (secondary N) is 2. The molecule has 0 atom stereocenters. The Morgan fingerprint density at radius 3 is 2.20 bits per heavy atom. The highest BCUT2D eigenvalue weighted by Gasteiger charge is 2.49. The van der Waals surface area contributed by atoms with Crippen LogP contribution in [0.2, 0.25) is 0 Å². The molecule has 2 aliphatic heterocycles. The van der Waals surface area contributed by atoms with Crippen molar-refractivity contribution in [2.24, 2.45) is 0 Å². The van der Waals surface area contributed by atoms with Gasteiger partial charge in [-0.3, -0.25) is 24.1 Å². The predicted octanol–water partition coefficient (Wildman–Crippen LogP) is 3.21. The molecule has 40 heavy (non-hydrogen) atoms. The Kier molecular flexibility index (Phi) is 7.27. The lowest BCUT2D eigenvalue weighted by atomic mass is 9.83. The molecular formula is C31H37N5O4. The quantitative estimate of drug-likeness (QED) is 0.445. The van der Waals surface area contributed by atoms with Crippen molar-refractivity contribution in [1.29, 1.82) is 0 Å². The Bertz CT molecular complexity index is 1430. The van der Waals surface area contributed by atoms with Crippen LogP contribution >= 0.6 is 0 Å². The second-order valence-electron chi connectivity index (χ2n) is 11.9. The average molecular weight is 544 g/mol. The summed E-state index contributed by atoms with van der Waals surface area (Å²) in [6.45, 7) is 6.90. The van der Waals surface area contributed by atoms with Crippen LogP contribution in [0.3, 0.4) is 0 Å². The van der Waals surface area contributed by atoms with E-state index in [1.165, 1.54) is 0 Å². The largest absolute Gasteiger partial charge is 0.361 e. The monoisotopic (exact) mass is 543 g/mol. The fraction of sp³-hybridized carbons (Fsp3) is 0.419. The summed E-state index contributed by atoms with van der Waals surface area (Å²) in [5, 5.41) is 4.18. The highest BCUT2D eigenvalue weighted by molar-refractivity contribution is 6.22. The van der Waals surface area contributed by atoms with Crippen LogP contribution < -0.4 is 5.32 Å². The van der Waals surface area contributed by atoms with E-state index in [4.69, 9.17) is 0 Å². The third-order valence-corrected chi connectivity index (χ3v) is 7.99. The number of fused-ring (bicyclic) bond motifs is 2. The molecule has 210 valence electrons. The van der Waals surface area contributed by atoms with Crippen molar-refractivity contribution in [3.8, 4) is 0 Å². The molecule has 4 amide bonds. The minimum atomic E-state index is -1.11. The van der Waals surface area contributed by atoms with Gasteiger partial charge in [0.25, 0.3) is 11.8 Å². The third kappa shape index (κ3) is 5.13. The first-order valence-electron chi connectivity index (χ1n) is 13.8. The molecule has 0 radical (unpaired) electrons. The SMILES string of the molecule is CN1CCC(C(=O)NC(C)(C)C)(N(CCc2c[nH]c3ccccc23)C(=O)CN2C(=O)c3ccccc3C2=O)CC1. The normalized spacial score (nSPS) is 17.2. The van der Waals surface area contributed by atoms with E-state index in [1.54, 1.807) is 29.2 Å². The number of amides is 4. The Hall–Kier alpha value is -3.98. The molecule has 0 aliphatic carbocycles. The van der Waals surface area contributed by atoms with E-state index in [1.807, 2.05) is 58.3 Å². The van der Waals surface area contributed by atoms with E-state index in [0.717, 1.165) is 21.4 Å². The Balaban J connectivity index is 1.49. The Morgan fingerprint density at radius 1 is 0.975 bits per heavy atom. The number of para-hydroxylation sites is 1. The maximum absolute atomic E-state index is 14.2. The summed E-state index contributed by atoms with van der Waals surface area (Å²) in [6, 6.07) is 14.6. The Morgan fingerprint density at radius 2 is 1.57 bits per heavy atom. The molecule has 2 aromatic carbocycles. The summed E-state index contributed by atoms with van der Waals surface area (Å²) in [5.74, 6) is -1.59. The van der Waals surface area contributed by atoms with Crippen LogP contribution in [0, 0.1) is 0 Å². The summed E-state index contributed by atoms with van der Waals surface area (Å²) in [6.07, 6.45) is 3.35. The highest BCUT2D eigenvalue weighted by atomic mass is 16.2. The minimum absolute atomic E-state index is 0.206. The number of nitrogens with zero attached hydrogens (tertiary/aromatic N) is 3. The average Bonchev–Trinajstić information content (AvgIpc) is 3.43. The number of carbonyl (C=O) groups is 4. The number of aromatic amines is 1. The van der Waals surface area contributed by atoms with Gasteiger partial charge in [0, 0.05) is 42.3 Å². The third-order valence-electron chi connectivity index (χ3n) is 7.99. The van der Waals surface area contributed by atoms with Crippen LogP contribution in [0.4, 0.5) is 0 Å². The maximum Gasteiger partial charge on any atom is 0.262 e. The first-order chi connectivity index (χ1) is 19.0. The van der Waals surface area contributed by atoms with Crippen molar-refractivity contribution in [1.82, 2.24) is 25.0 Å². The smallest absolute Gasteiger partial charge is 0.262 e. The number of imide groups is 1. The molecule has 0 saturated carbocycles. The number of piperidine rings is 1. The van der Waals surface area contributed by atoms with Crippen molar-refractivity contribution in [2.45, 2.75) is 51.1 Å². The van der Waals surface area contributed by atoms with Crippen LogP contribution in [0.5, 0.6) is 0 Å². The summed E-state index contributed by atoms with van der Waals surface area (Å²) < 4.78 is 0. The second kappa shape index (κ2) is 10.5. The van der Waals surface area contributed by atoms with Gasteiger partial charge in [0.2, 0.25) is 11.8 Å². The predicted molar refractivity (Wildman–Crippen MR) is 153 cm³/mol. The minimum Gasteiger partial charge on any atom is -0.361 e. The van der Waals surface area contributed by atoms with Crippen molar-refractivity contribution in [2.75, 3.05) is 33.2 Å². The van der Waals surface area contributed by atoms with Gasteiger partial charge >= 0.3 is 0 Å². The number of aromatic nitrogens is 1. The van der Waals surface area contributed by atoms with Crippen molar-refractivity contribution in [3.63, 3.8) is 0 Å². The molecule has 0 unspecified atom stereocenters. The lowest BCUT2D eigenvalue weighted by molar-refractivity contribution is -0.152. The zero-order valence-electron chi connectivity index (χ0n) is 23.6. The molecule has 1 fully saturated rings. The molecule has 1 saturated heterocycles. The molecule has 3 aromatic rings. The summed E-state index contributed by atoms with van der Waals surface area (Å²) in [7, 11) is 2.00. The number of carbonyl (C=O) groups excluding carboxylic acids is 4. The lowest BCUT2D eigenvalue weighted by Crippen LogP contribution is -2.67. The van der Waals surface area contributed by atoms with Gasteiger partial charge in [0.05, 0.1) is 11.1 Å². The fourth-order valence-corrected chi connectivity index (χ4v) is 5.82. The number of benzene rings is 2. The summed E-state index contributed by atoms with van der Waals surface area (Å²) >= 11 is 0. The van der Waals surface area contributed by atoms with E-state index < -0.39 is 35.3 Å². The van der Waals surface area contributed by atoms with Gasteiger partial charge in [-0.2, -0.15) is 0 Å². The van der Waals surface area contributed by atoms with Gasteiger partial charge < -0.3 is 20.1 Å². The molecule has 9 heteroatoms. The van der Waals surface area contributed by atoms with E-state index >= 15 is 0 Å². The van der Waals surface area contributed by atoms with Crippen LogP contribution in [0.25, 0.3) is 10.9 Å². The van der Waals surface area contributed by atoms with Crippen molar-refractivity contribution < 1.29 is 19.2 Å². The van der Waals surface area contributed by atoms with Gasteiger partial charge in [-0.15, -0.1) is 0 Å². The van der Waals surface area contributed by atoms with E-state index in [2.05, 4.69) is 15.2 Å². The van der Waals surface area contributed by atoms with Gasteiger partial charge in [-0.05, 0) is 70.8 Å². The zero-order valence-corrected chi connectivity index (χ0v) is 23.6. The summed E-state index contributed by atoms with van der Waals surface area (Å²) in [4.78, 5) is 62.6. The summed E-state index contributed by atoms with van der Waals surface area (Å²) in [5.41, 5.74) is 1.02. The van der Waals surface area contributed by atoms with Gasteiger partial charge in [0.1, 0.15) is 12.1 Å². The van der Waals surface area contributed by atoms with Crippen LogP contribution in [-0.4, -0.2) is 87.6 Å². The first-order valence-corrected chi connectivity index (χ1v) is 13.8. The fourth-order valence-electron chi connectivity index (χ4n) is 5.82. The Labute approximate surface area is 234 Å². The maximum atomic E-state index is 14.2. The molecule has 1 aromatic heterocycles. The second-order valence-corrected chi connectivity index (χ2v) is 11.9. The standard InChI is InChI=1S/C31H37N5O4/c1-30(2,3)33-29(40)31(14-17-34(4)18-15-31)36(16-13-21-19-32-25-12-8-7-9-22(21)25)26(37)20-35-27(38)23-10-5-6-11-24(23)28(35)39/h5-12,19,32H,13-18,20H2,1-4H3,(H,33,40). The van der Waals surface area contributed by atoms with E-state index in [9.17, 15) is 19.2 Å². The van der Waals surface area contributed by atoms with Crippen LogP contribution in [0.1, 0.15) is 59.9 Å². The lowest BCUT2D eigenvalue weighted by Gasteiger charge is -2.48. The van der Waals surface area contributed by atoms with Crippen molar-refractivity contribution in [3.05, 3.63) is 71.4 Å². The number of H-pyrrole nitrogens is 1. The zero-order chi connectivity index (χ0) is 28.7. The van der Waals surface area contributed by atoms with Crippen molar-refractivity contribution >= 4 is 34.5 Å². The first kappa shape index (κ1) is 27.6.